The lowest BCUT2D eigenvalue weighted by atomic mass is 9.98. The first-order valence-corrected chi connectivity index (χ1v) is 4.63. The molecule has 0 aromatic heterocycles. The normalized spacial score (nSPS) is 13.7. The van der Waals surface area contributed by atoms with Crippen molar-refractivity contribution in [3.8, 4) is 0 Å². The predicted molar refractivity (Wildman–Crippen MR) is 39.5 cm³/mol. The summed E-state index contributed by atoms with van der Waals surface area (Å²) in [5, 5.41) is 2.13. The van der Waals surface area contributed by atoms with Gasteiger partial charge in [-0.25, -0.2) is 9.65 Å². The third-order valence-corrected chi connectivity index (χ3v) is 1.39. The van der Waals surface area contributed by atoms with E-state index in [0.29, 0.717) is 6.54 Å². The van der Waals surface area contributed by atoms with Crippen LogP contribution in [0.4, 0.5) is 0 Å². The average molecular weight is 167 g/mol. The highest BCUT2D eigenvalue weighted by molar-refractivity contribution is 7.49. The minimum atomic E-state index is -4.01. The fraction of sp³-hybridized carbons (Fsp3) is 1.00. The first-order valence-electron chi connectivity index (χ1n) is 3.01. The Labute approximate surface area is 60.9 Å². The van der Waals surface area contributed by atoms with Crippen LogP contribution >= 0.6 is 7.75 Å². The molecule has 0 aliphatic carbocycles. The van der Waals surface area contributed by atoms with E-state index in [4.69, 9.17) is 9.79 Å². The van der Waals surface area contributed by atoms with Crippen molar-refractivity contribution >= 4 is 7.75 Å². The van der Waals surface area contributed by atoms with Crippen LogP contribution < -0.4 is 5.09 Å². The Hall–Kier alpha value is 0.110. The highest BCUT2D eigenvalue weighted by Crippen LogP contribution is 2.29. The highest BCUT2D eigenvalue weighted by Gasteiger charge is 2.17. The molecule has 0 unspecified atom stereocenters. The quantitative estimate of drug-likeness (QED) is 0.530. The molecule has 0 spiro atoms. The van der Waals surface area contributed by atoms with Gasteiger partial charge in [-0.3, -0.25) is 0 Å². The monoisotopic (exact) mass is 167 g/mol. The van der Waals surface area contributed by atoms with Crippen molar-refractivity contribution in [2.75, 3.05) is 6.54 Å². The first kappa shape index (κ1) is 10.1. The van der Waals surface area contributed by atoms with E-state index in [1.54, 1.807) is 0 Å². The van der Waals surface area contributed by atoms with Crippen molar-refractivity contribution in [2.45, 2.75) is 20.8 Å². The second-order valence-electron chi connectivity index (χ2n) is 3.44. The molecule has 0 aromatic carbocycles. The summed E-state index contributed by atoms with van der Waals surface area (Å²) in [5.41, 5.74) is -0.0961. The van der Waals surface area contributed by atoms with Gasteiger partial charge in [0.05, 0.1) is 0 Å². The lowest BCUT2D eigenvalue weighted by Crippen LogP contribution is -2.24. The fourth-order valence-corrected chi connectivity index (χ4v) is 1.02. The van der Waals surface area contributed by atoms with Crippen LogP contribution in [-0.2, 0) is 4.57 Å². The van der Waals surface area contributed by atoms with Crippen molar-refractivity contribution in [3.63, 3.8) is 0 Å². The van der Waals surface area contributed by atoms with Gasteiger partial charge in [0.1, 0.15) is 0 Å². The van der Waals surface area contributed by atoms with Gasteiger partial charge in [0, 0.05) is 6.54 Å². The van der Waals surface area contributed by atoms with E-state index >= 15 is 0 Å². The summed E-state index contributed by atoms with van der Waals surface area (Å²) in [7, 11) is -4.01. The van der Waals surface area contributed by atoms with Crippen molar-refractivity contribution < 1.29 is 14.4 Å². The molecule has 3 N–H and O–H groups in total. The highest BCUT2D eigenvalue weighted by atomic mass is 31.2. The SMILES string of the molecule is CC(C)(C)CNP(=O)(O)O. The molecule has 5 heteroatoms. The van der Waals surface area contributed by atoms with Crippen LogP contribution in [0.25, 0.3) is 0 Å². The summed E-state index contributed by atoms with van der Waals surface area (Å²) < 4.78 is 10.3. The summed E-state index contributed by atoms with van der Waals surface area (Å²) in [4.78, 5) is 16.8. The fourth-order valence-electron chi connectivity index (χ4n) is 0.340. The van der Waals surface area contributed by atoms with Gasteiger partial charge in [-0.15, -0.1) is 0 Å². The van der Waals surface area contributed by atoms with Crippen LogP contribution in [0.15, 0.2) is 0 Å². The zero-order chi connectivity index (χ0) is 8.41. The Morgan fingerprint density at radius 2 is 1.80 bits per heavy atom. The maximum atomic E-state index is 10.3. The predicted octanol–water partition coefficient (Wildman–Crippen LogP) is 0.715. The summed E-state index contributed by atoms with van der Waals surface area (Å²) in [6.07, 6.45) is 0. The summed E-state index contributed by atoms with van der Waals surface area (Å²) >= 11 is 0. The molecule has 0 aromatic rings. The van der Waals surface area contributed by atoms with Gasteiger partial charge >= 0.3 is 7.75 Å². The second-order valence-corrected chi connectivity index (χ2v) is 4.84. The molecule has 4 nitrogen and oxygen atoms in total. The van der Waals surface area contributed by atoms with Crippen LogP contribution in [-0.4, -0.2) is 16.3 Å². The number of hydrogen-bond acceptors (Lipinski definition) is 1. The lowest BCUT2D eigenvalue weighted by Gasteiger charge is -2.18. The molecule has 0 aliphatic rings. The van der Waals surface area contributed by atoms with Gasteiger partial charge in [0.15, 0.2) is 0 Å². The number of hydrogen-bond donors (Lipinski definition) is 3. The smallest absolute Gasteiger partial charge is 0.313 e. The molecular weight excluding hydrogens is 153 g/mol. The zero-order valence-corrected chi connectivity index (χ0v) is 7.35. The molecule has 0 rings (SSSR count). The van der Waals surface area contributed by atoms with Crippen LogP contribution in [0.1, 0.15) is 20.8 Å². The van der Waals surface area contributed by atoms with Gasteiger partial charge in [-0.05, 0) is 5.41 Å². The van der Waals surface area contributed by atoms with Crippen LogP contribution in [0.2, 0.25) is 0 Å². The average Bonchev–Trinajstić information content (AvgIpc) is 1.57. The third-order valence-electron chi connectivity index (χ3n) is 0.815. The van der Waals surface area contributed by atoms with Crippen molar-refractivity contribution in [2.24, 2.45) is 5.41 Å². The van der Waals surface area contributed by atoms with E-state index in [1.807, 2.05) is 20.8 Å². The molecular formula is C5H14NO3P. The minimum Gasteiger partial charge on any atom is -0.313 e. The Balaban J connectivity index is 3.67. The van der Waals surface area contributed by atoms with Gasteiger partial charge in [0.2, 0.25) is 0 Å². The first-order chi connectivity index (χ1) is 4.21. The Kier molecular flexibility index (Phi) is 3.04. The molecule has 10 heavy (non-hydrogen) atoms. The van der Waals surface area contributed by atoms with Gasteiger partial charge in [0.25, 0.3) is 0 Å². The van der Waals surface area contributed by atoms with Crippen molar-refractivity contribution in [1.29, 1.82) is 0 Å². The van der Waals surface area contributed by atoms with Crippen molar-refractivity contribution in [1.82, 2.24) is 5.09 Å². The largest absolute Gasteiger partial charge is 0.400 e. The minimum absolute atomic E-state index is 0.0961. The molecule has 0 heterocycles. The summed E-state index contributed by atoms with van der Waals surface area (Å²) in [6, 6.07) is 0. The zero-order valence-electron chi connectivity index (χ0n) is 6.46. The molecule has 0 bridgehead atoms. The van der Waals surface area contributed by atoms with Crippen molar-refractivity contribution in [3.05, 3.63) is 0 Å². The molecule has 0 atom stereocenters. The van der Waals surface area contributed by atoms with Crippen LogP contribution in [0.5, 0.6) is 0 Å². The molecule has 0 saturated carbocycles. The van der Waals surface area contributed by atoms with E-state index in [2.05, 4.69) is 5.09 Å². The maximum Gasteiger partial charge on any atom is 0.400 e. The van der Waals surface area contributed by atoms with Crippen LogP contribution in [0, 0.1) is 5.41 Å². The molecule has 62 valence electrons. The Bertz CT molecular complexity index is 145. The molecule has 0 saturated heterocycles. The van der Waals surface area contributed by atoms with E-state index in [1.165, 1.54) is 0 Å². The van der Waals surface area contributed by atoms with Gasteiger partial charge in [-0.2, -0.15) is 0 Å². The number of rotatable bonds is 2. The molecule has 0 fully saturated rings. The molecule has 0 radical (unpaired) electrons. The molecule has 0 aliphatic heterocycles. The van der Waals surface area contributed by atoms with E-state index < -0.39 is 7.75 Å². The van der Waals surface area contributed by atoms with E-state index in [9.17, 15) is 4.57 Å². The van der Waals surface area contributed by atoms with Gasteiger partial charge < -0.3 is 9.79 Å². The summed E-state index contributed by atoms with van der Waals surface area (Å²) in [6.45, 7) is 6.01. The second kappa shape index (κ2) is 3.01. The third kappa shape index (κ3) is 8.11. The molecule has 0 amide bonds. The van der Waals surface area contributed by atoms with E-state index in [0.717, 1.165) is 0 Å². The maximum absolute atomic E-state index is 10.3. The van der Waals surface area contributed by atoms with Gasteiger partial charge in [-0.1, -0.05) is 20.8 Å². The van der Waals surface area contributed by atoms with E-state index in [-0.39, 0.29) is 5.41 Å². The van der Waals surface area contributed by atoms with Crippen LogP contribution in [0.3, 0.4) is 0 Å². The summed E-state index contributed by atoms with van der Waals surface area (Å²) in [5.74, 6) is 0. The lowest BCUT2D eigenvalue weighted by molar-refractivity contribution is 0.331. The topological polar surface area (TPSA) is 69.6 Å². The Morgan fingerprint density at radius 3 is 1.90 bits per heavy atom. The standard InChI is InChI=1S/C5H14NO3P/c1-5(2,3)4-6-10(7,8)9/h4H2,1-3H3,(H3,6,7,8,9). The number of nitrogens with one attached hydrogen (secondary N) is 1. The Morgan fingerprint density at radius 1 is 1.40 bits per heavy atom.